The maximum atomic E-state index is 12.7. The van der Waals surface area contributed by atoms with Crippen LogP contribution in [0.3, 0.4) is 0 Å². The Balaban J connectivity index is 1.72. The van der Waals surface area contributed by atoms with Gasteiger partial charge in [-0.1, -0.05) is 6.07 Å². The minimum atomic E-state index is -0.149. The summed E-state index contributed by atoms with van der Waals surface area (Å²) < 4.78 is 1.42. The van der Waals surface area contributed by atoms with Gasteiger partial charge in [0.15, 0.2) is 5.65 Å². The van der Waals surface area contributed by atoms with E-state index < -0.39 is 0 Å². The zero-order chi connectivity index (χ0) is 16.7. The summed E-state index contributed by atoms with van der Waals surface area (Å²) >= 11 is 0. The molecule has 0 radical (unpaired) electrons. The van der Waals surface area contributed by atoms with Gasteiger partial charge in [-0.3, -0.25) is 19.7 Å². The number of aromatic amines is 1. The lowest BCUT2D eigenvalue weighted by Crippen LogP contribution is -2.31. The van der Waals surface area contributed by atoms with Crippen LogP contribution in [0.1, 0.15) is 40.8 Å². The number of carbonyl (C=O) groups excluding carboxylic acids is 1. The number of H-pyrrole nitrogens is 1. The van der Waals surface area contributed by atoms with Crippen LogP contribution in [0.4, 0.5) is 0 Å². The third-order valence-corrected chi connectivity index (χ3v) is 4.35. The second-order valence-electron chi connectivity index (χ2n) is 6.01. The van der Waals surface area contributed by atoms with Gasteiger partial charge in [0.05, 0.1) is 11.7 Å². The highest BCUT2D eigenvalue weighted by Gasteiger charge is 2.32. The minimum Gasteiger partial charge on any atom is -0.329 e. The fraction of sp³-hybridized carbons (Fsp3) is 0.294. The Morgan fingerprint density at radius 1 is 1.33 bits per heavy atom. The number of pyridine rings is 1. The van der Waals surface area contributed by atoms with Crippen molar-refractivity contribution in [3.8, 4) is 0 Å². The molecule has 1 saturated heterocycles. The molecule has 1 aliphatic rings. The maximum absolute atomic E-state index is 12.7. The summed E-state index contributed by atoms with van der Waals surface area (Å²) in [6.45, 7) is 2.47. The number of amides is 1. The third kappa shape index (κ3) is 2.38. The van der Waals surface area contributed by atoms with Crippen molar-refractivity contribution in [3.05, 3.63) is 64.0 Å². The Labute approximate surface area is 138 Å². The van der Waals surface area contributed by atoms with E-state index >= 15 is 0 Å². The second-order valence-corrected chi connectivity index (χ2v) is 6.01. The molecule has 122 valence electrons. The van der Waals surface area contributed by atoms with Gasteiger partial charge in [0.25, 0.3) is 11.5 Å². The Bertz CT molecular complexity index is 960. The molecule has 7 heteroatoms. The fourth-order valence-electron chi connectivity index (χ4n) is 3.27. The Kier molecular flexibility index (Phi) is 3.41. The van der Waals surface area contributed by atoms with E-state index in [-0.39, 0.29) is 17.5 Å². The molecule has 3 aromatic rings. The monoisotopic (exact) mass is 323 g/mol. The maximum Gasteiger partial charge on any atom is 0.273 e. The number of hydrogen-bond donors (Lipinski definition) is 1. The van der Waals surface area contributed by atoms with E-state index in [2.05, 4.69) is 15.1 Å². The highest BCUT2D eigenvalue weighted by atomic mass is 16.2. The molecule has 1 atom stereocenters. The predicted molar refractivity (Wildman–Crippen MR) is 87.8 cm³/mol. The first-order valence-corrected chi connectivity index (χ1v) is 7.95. The van der Waals surface area contributed by atoms with Gasteiger partial charge < -0.3 is 4.90 Å². The number of hydrogen-bond acceptors (Lipinski definition) is 4. The van der Waals surface area contributed by atoms with Crippen LogP contribution >= 0.6 is 0 Å². The average molecular weight is 323 g/mol. The average Bonchev–Trinajstić information content (AvgIpc) is 3.21. The van der Waals surface area contributed by atoms with Gasteiger partial charge in [0, 0.05) is 30.6 Å². The largest absolute Gasteiger partial charge is 0.329 e. The third-order valence-electron chi connectivity index (χ3n) is 4.35. The van der Waals surface area contributed by atoms with Crippen LogP contribution < -0.4 is 5.56 Å². The van der Waals surface area contributed by atoms with Crippen LogP contribution in [0.15, 0.2) is 41.3 Å². The lowest BCUT2D eigenvalue weighted by Gasteiger charge is -2.23. The number of aryl methyl sites for hydroxylation is 1. The topological polar surface area (TPSA) is 83.4 Å². The quantitative estimate of drug-likeness (QED) is 0.778. The van der Waals surface area contributed by atoms with E-state index in [1.54, 1.807) is 31.3 Å². The SMILES string of the molecule is Cc1cc(=O)n2[nH]c([C@H]3CCCN3C(=O)c3ccccn3)cc2n1. The van der Waals surface area contributed by atoms with Crippen molar-refractivity contribution >= 4 is 11.6 Å². The predicted octanol–water partition coefficient (Wildman–Crippen LogP) is 1.70. The van der Waals surface area contributed by atoms with E-state index in [0.717, 1.165) is 18.5 Å². The Hall–Kier alpha value is -2.96. The molecule has 0 saturated carbocycles. The fourth-order valence-corrected chi connectivity index (χ4v) is 3.27. The summed E-state index contributed by atoms with van der Waals surface area (Å²) in [4.78, 5) is 35.1. The highest BCUT2D eigenvalue weighted by molar-refractivity contribution is 5.92. The summed E-state index contributed by atoms with van der Waals surface area (Å²) in [7, 11) is 0. The number of aromatic nitrogens is 4. The van der Waals surface area contributed by atoms with Crippen LogP contribution in [-0.2, 0) is 0 Å². The molecule has 4 rings (SSSR count). The van der Waals surface area contributed by atoms with Gasteiger partial charge in [-0.25, -0.2) is 9.50 Å². The van der Waals surface area contributed by atoms with Gasteiger partial charge >= 0.3 is 0 Å². The van der Waals surface area contributed by atoms with Gasteiger partial charge in [-0.05, 0) is 31.9 Å². The first kappa shape index (κ1) is 14.6. The van der Waals surface area contributed by atoms with E-state index in [1.165, 1.54) is 10.6 Å². The lowest BCUT2D eigenvalue weighted by atomic mass is 10.1. The normalized spacial score (nSPS) is 17.5. The van der Waals surface area contributed by atoms with Gasteiger partial charge in [-0.2, -0.15) is 0 Å². The summed E-state index contributed by atoms with van der Waals surface area (Å²) in [6, 6.07) is 8.55. The molecule has 1 amide bonds. The molecular weight excluding hydrogens is 306 g/mol. The van der Waals surface area contributed by atoms with Crippen molar-refractivity contribution in [2.75, 3.05) is 6.54 Å². The summed E-state index contributed by atoms with van der Waals surface area (Å²) in [6.07, 6.45) is 3.38. The Morgan fingerprint density at radius 2 is 2.21 bits per heavy atom. The highest BCUT2D eigenvalue weighted by Crippen LogP contribution is 2.32. The van der Waals surface area contributed by atoms with E-state index in [9.17, 15) is 9.59 Å². The first-order valence-electron chi connectivity index (χ1n) is 7.95. The lowest BCUT2D eigenvalue weighted by molar-refractivity contribution is 0.0726. The van der Waals surface area contributed by atoms with Crippen LogP contribution in [0.2, 0.25) is 0 Å². The van der Waals surface area contributed by atoms with E-state index in [1.807, 2.05) is 11.0 Å². The number of nitrogens with zero attached hydrogens (tertiary/aromatic N) is 4. The molecule has 0 aliphatic carbocycles. The molecule has 4 heterocycles. The Morgan fingerprint density at radius 3 is 3.00 bits per heavy atom. The van der Waals surface area contributed by atoms with Crippen molar-refractivity contribution in [1.29, 1.82) is 0 Å². The summed E-state index contributed by atoms with van der Waals surface area (Å²) in [5, 5.41) is 3.10. The molecule has 24 heavy (non-hydrogen) atoms. The molecule has 0 bridgehead atoms. The number of rotatable bonds is 2. The molecule has 0 aromatic carbocycles. The first-order chi connectivity index (χ1) is 11.6. The van der Waals surface area contributed by atoms with Crippen LogP contribution in [0.5, 0.6) is 0 Å². The van der Waals surface area contributed by atoms with Gasteiger partial charge in [-0.15, -0.1) is 0 Å². The molecule has 1 fully saturated rings. The van der Waals surface area contributed by atoms with Crippen LogP contribution in [0, 0.1) is 6.92 Å². The molecule has 0 unspecified atom stereocenters. The van der Waals surface area contributed by atoms with E-state index in [4.69, 9.17) is 0 Å². The number of fused-ring (bicyclic) bond motifs is 1. The summed E-state index contributed by atoms with van der Waals surface area (Å²) in [5.74, 6) is -0.0896. The standard InChI is InChI=1S/C17H17N5O2/c1-11-9-16(23)22-15(19-11)10-13(20-22)14-6-4-8-21(14)17(24)12-5-2-3-7-18-12/h2-3,5,7,9-10,14,20H,4,6,8H2,1H3/t14-/m1/s1. The van der Waals surface area contributed by atoms with Gasteiger partial charge in [0.2, 0.25) is 0 Å². The van der Waals surface area contributed by atoms with Gasteiger partial charge in [0.1, 0.15) is 5.69 Å². The van der Waals surface area contributed by atoms with Crippen molar-refractivity contribution in [2.45, 2.75) is 25.8 Å². The molecule has 7 nitrogen and oxygen atoms in total. The van der Waals surface area contributed by atoms with Crippen molar-refractivity contribution in [3.63, 3.8) is 0 Å². The van der Waals surface area contributed by atoms with Crippen molar-refractivity contribution in [1.82, 2.24) is 24.5 Å². The smallest absolute Gasteiger partial charge is 0.273 e. The zero-order valence-corrected chi connectivity index (χ0v) is 13.3. The molecule has 1 N–H and O–H groups in total. The number of likely N-dealkylation sites (tertiary alicyclic amines) is 1. The zero-order valence-electron chi connectivity index (χ0n) is 13.3. The molecular formula is C17H17N5O2. The molecule has 0 spiro atoms. The number of nitrogens with one attached hydrogen (secondary N) is 1. The molecule has 1 aliphatic heterocycles. The minimum absolute atomic E-state index is 0.0896. The van der Waals surface area contributed by atoms with Crippen molar-refractivity contribution in [2.24, 2.45) is 0 Å². The second kappa shape index (κ2) is 5.59. The number of carbonyl (C=O) groups is 1. The van der Waals surface area contributed by atoms with Crippen molar-refractivity contribution < 1.29 is 4.79 Å². The summed E-state index contributed by atoms with van der Waals surface area (Å²) in [5.41, 5.74) is 2.37. The van der Waals surface area contributed by atoms with E-state index in [0.29, 0.717) is 23.6 Å². The molecule has 3 aromatic heterocycles. The van der Waals surface area contributed by atoms with Crippen LogP contribution in [-0.4, -0.2) is 36.9 Å². The van der Waals surface area contributed by atoms with Crippen LogP contribution in [0.25, 0.3) is 5.65 Å².